The number of hydrogen-bond donors (Lipinski definition) is 2. The molecule has 1 fully saturated rings. The quantitative estimate of drug-likeness (QED) is 0.853. The van der Waals surface area contributed by atoms with Crippen molar-refractivity contribution in [1.29, 1.82) is 0 Å². The zero-order valence-electron chi connectivity index (χ0n) is 12.5. The Morgan fingerprint density at radius 2 is 2.05 bits per heavy atom. The first kappa shape index (κ1) is 14.7. The number of anilines is 2. The molecular formula is C17H23ClN2O. The Balaban J connectivity index is 1.64. The van der Waals surface area contributed by atoms with Crippen LogP contribution < -0.4 is 10.6 Å². The van der Waals surface area contributed by atoms with Gasteiger partial charge in [-0.3, -0.25) is 4.79 Å². The van der Waals surface area contributed by atoms with Gasteiger partial charge in [-0.05, 0) is 49.3 Å². The van der Waals surface area contributed by atoms with Crippen LogP contribution in [0.3, 0.4) is 0 Å². The molecule has 0 unspecified atom stereocenters. The summed E-state index contributed by atoms with van der Waals surface area (Å²) in [6.45, 7) is 2.27. The Hall–Kier alpha value is -1.22. The highest BCUT2D eigenvalue weighted by Gasteiger charge is 2.23. The van der Waals surface area contributed by atoms with E-state index >= 15 is 0 Å². The number of nitrogens with one attached hydrogen (secondary N) is 2. The van der Waals surface area contributed by atoms with E-state index in [4.69, 9.17) is 11.6 Å². The predicted molar refractivity (Wildman–Crippen MR) is 88.1 cm³/mol. The van der Waals surface area contributed by atoms with E-state index in [-0.39, 0.29) is 5.91 Å². The number of halogens is 1. The van der Waals surface area contributed by atoms with Crippen molar-refractivity contribution in [1.82, 2.24) is 0 Å². The van der Waals surface area contributed by atoms with Gasteiger partial charge < -0.3 is 10.6 Å². The number of carbonyl (C=O) groups excluding carboxylic acids is 1. The molecule has 1 aliphatic carbocycles. The fourth-order valence-electron chi connectivity index (χ4n) is 3.58. The average molecular weight is 307 g/mol. The Kier molecular flexibility index (Phi) is 4.39. The zero-order chi connectivity index (χ0) is 14.8. The van der Waals surface area contributed by atoms with Crippen molar-refractivity contribution in [2.24, 2.45) is 5.92 Å². The Labute approximate surface area is 131 Å². The molecule has 3 nitrogen and oxygen atoms in total. The van der Waals surface area contributed by atoms with Crippen molar-refractivity contribution in [2.75, 3.05) is 10.6 Å². The first-order valence-corrected chi connectivity index (χ1v) is 8.42. The molecule has 4 heteroatoms. The monoisotopic (exact) mass is 306 g/mol. The van der Waals surface area contributed by atoms with Crippen molar-refractivity contribution < 1.29 is 4.79 Å². The molecule has 1 amide bonds. The summed E-state index contributed by atoms with van der Waals surface area (Å²) in [7, 11) is 0. The minimum absolute atomic E-state index is 0.0540. The summed E-state index contributed by atoms with van der Waals surface area (Å²) in [5, 5.41) is 7.12. The van der Waals surface area contributed by atoms with E-state index in [0.717, 1.165) is 22.9 Å². The van der Waals surface area contributed by atoms with Gasteiger partial charge in [0, 0.05) is 11.7 Å². The third-order valence-electron chi connectivity index (χ3n) is 4.72. The minimum atomic E-state index is 0.0540. The minimum Gasteiger partial charge on any atom is -0.381 e. The lowest BCUT2D eigenvalue weighted by molar-refractivity contribution is -0.115. The molecule has 21 heavy (non-hydrogen) atoms. The van der Waals surface area contributed by atoms with E-state index < -0.39 is 0 Å². The number of rotatable bonds is 4. The van der Waals surface area contributed by atoms with Crippen LogP contribution in [0.5, 0.6) is 0 Å². The number of carbonyl (C=O) groups is 1. The van der Waals surface area contributed by atoms with Gasteiger partial charge in [0.25, 0.3) is 0 Å². The summed E-state index contributed by atoms with van der Waals surface area (Å²) in [4.78, 5) is 11.4. The van der Waals surface area contributed by atoms with Crippen LogP contribution in [-0.2, 0) is 11.2 Å². The maximum absolute atomic E-state index is 11.4. The first-order chi connectivity index (χ1) is 10.2. The Bertz CT molecular complexity index is 536. The molecule has 0 aromatic heterocycles. The molecule has 1 aromatic carbocycles. The van der Waals surface area contributed by atoms with Gasteiger partial charge in [0.1, 0.15) is 0 Å². The van der Waals surface area contributed by atoms with Gasteiger partial charge in [0.05, 0.1) is 17.1 Å². The lowest BCUT2D eigenvalue weighted by atomic mass is 9.83. The molecule has 2 N–H and O–H groups in total. The number of benzene rings is 1. The number of fused-ring (bicyclic) bond motifs is 1. The van der Waals surface area contributed by atoms with Crippen LogP contribution in [-0.4, -0.2) is 11.9 Å². The highest BCUT2D eigenvalue weighted by Crippen LogP contribution is 2.35. The summed E-state index contributed by atoms with van der Waals surface area (Å²) in [6, 6.07) is 4.42. The summed E-state index contributed by atoms with van der Waals surface area (Å²) < 4.78 is 0. The van der Waals surface area contributed by atoms with Crippen LogP contribution in [0.4, 0.5) is 11.4 Å². The summed E-state index contributed by atoms with van der Waals surface area (Å²) in [5.41, 5.74) is 2.89. The zero-order valence-corrected chi connectivity index (χ0v) is 13.3. The van der Waals surface area contributed by atoms with Gasteiger partial charge >= 0.3 is 0 Å². The van der Waals surface area contributed by atoms with Gasteiger partial charge in [-0.25, -0.2) is 0 Å². The maximum atomic E-state index is 11.4. The van der Waals surface area contributed by atoms with Crippen molar-refractivity contribution in [2.45, 2.75) is 57.9 Å². The summed E-state index contributed by atoms with van der Waals surface area (Å²) >= 11 is 6.34. The molecule has 0 saturated heterocycles. The molecule has 1 aromatic rings. The van der Waals surface area contributed by atoms with Crippen LogP contribution in [0.25, 0.3) is 0 Å². The molecule has 1 aliphatic heterocycles. The van der Waals surface area contributed by atoms with Crippen molar-refractivity contribution >= 4 is 28.9 Å². The van der Waals surface area contributed by atoms with Gasteiger partial charge in [0.2, 0.25) is 5.91 Å². The van der Waals surface area contributed by atoms with Crippen LogP contribution >= 0.6 is 11.6 Å². The lowest BCUT2D eigenvalue weighted by Crippen LogP contribution is -2.26. The molecule has 1 saturated carbocycles. The molecular weight excluding hydrogens is 284 g/mol. The maximum Gasteiger partial charge on any atom is 0.228 e. The van der Waals surface area contributed by atoms with Crippen LogP contribution in [0.15, 0.2) is 12.1 Å². The van der Waals surface area contributed by atoms with Gasteiger partial charge in [0.15, 0.2) is 0 Å². The largest absolute Gasteiger partial charge is 0.381 e. The van der Waals surface area contributed by atoms with Crippen LogP contribution in [0.2, 0.25) is 5.02 Å². The van der Waals surface area contributed by atoms with E-state index in [9.17, 15) is 4.79 Å². The topological polar surface area (TPSA) is 41.1 Å². The summed E-state index contributed by atoms with van der Waals surface area (Å²) in [6.07, 6.45) is 8.18. The number of amides is 1. The second-order valence-electron chi connectivity index (χ2n) is 6.36. The van der Waals surface area contributed by atoms with Crippen molar-refractivity contribution in [3.05, 3.63) is 22.7 Å². The molecule has 1 heterocycles. The predicted octanol–water partition coefficient (Wildman–Crippen LogP) is 4.61. The Morgan fingerprint density at radius 3 is 2.76 bits per heavy atom. The second kappa shape index (κ2) is 6.27. The van der Waals surface area contributed by atoms with E-state index in [0.29, 0.717) is 17.5 Å². The van der Waals surface area contributed by atoms with E-state index in [1.54, 1.807) is 0 Å². The molecule has 0 atom stereocenters. The Morgan fingerprint density at radius 1 is 1.29 bits per heavy atom. The highest BCUT2D eigenvalue weighted by molar-refractivity contribution is 6.33. The normalized spacial score (nSPS) is 24.6. The van der Waals surface area contributed by atoms with E-state index in [1.807, 2.05) is 12.1 Å². The third-order valence-corrected chi connectivity index (χ3v) is 5.03. The van der Waals surface area contributed by atoms with Gasteiger partial charge in [-0.15, -0.1) is 0 Å². The third kappa shape index (κ3) is 3.34. The fourth-order valence-corrected chi connectivity index (χ4v) is 3.80. The standard InChI is InChI=1S/C17H23ClN2O/c1-2-3-11-4-6-13(7-5-11)19-16-8-12-9-17(21)20-15(12)10-14(16)18/h8,10-11,13,19H,2-7,9H2,1H3,(H,20,21). The number of hydrogen-bond acceptors (Lipinski definition) is 2. The molecule has 0 bridgehead atoms. The average Bonchev–Trinajstić information content (AvgIpc) is 2.81. The van der Waals surface area contributed by atoms with Gasteiger partial charge in [-0.1, -0.05) is 31.4 Å². The lowest BCUT2D eigenvalue weighted by Gasteiger charge is -2.30. The second-order valence-corrected chi connectivity index (χ2v) is 6.77. The molecule has 2 aliphatic rings. The molecule has 0 spiro atoms. The van der Waals surface area contributed by atoms with E-state index in [1.165, 1.54) is 38.5 Å². The van der Waals surface area contributed by atoms with Crippen LogP contribution in [0.1, 0.15) is 51.0 Å². The highest BCUT2D eigenvalue weighted by atomic mass is 35.5. The van der Waals surface area contributed by atoms with E-state index in [2.05, 4.69) is 17.6 Å². The molecule has 0 radical (unpaired) electrons. The first-order valence-electron chi connectivity index (χ1n) is 8.04. The van der Waals surface area contributed by atoms with Crippen molar-refractivity contribution in [3.63, 3.8) is 0 Å². The smallest absolute Gasteiger partial charge is 0.228 e. The van der Waals surface area contributed by atoms with Crippen LogP contribution in [0, 0.1) is 5.92 Å². The van der Waals surface area contributed by atoms with Crippen molar-refractivity contribution in [3.8, 4) is 0 Å². The summed E-state index contributed by atoms with van der Waals surface area (Å²) in [5.74, 6) is 0.962. The SMILES string of the molecule is CCCC1CCC(Nc2cc3c(cc2Cl)NC(=O)C3)CC1. The molecule has 114 valence electrons. The molecule has 3 rings (SSSR count). The van der Waals surface area contributed by atoms with Gasteiger partial charge in [-0.2, -0.15) is 0 Å². The fraction of sp³-hybridized carbons (Fsp3) is 0.588.